The minimum Gasteiger partial charge on any atom is -0.349 e. The lowest BCUT2D eigenvalue weighted by Gasteiger charge is -2.24. The Labute approximate surface area is 156 Å². The molecule has 2 heterocycles. The fourth-order valence-electron chi connectivity index (χ4n) is 2.78. The maximum Gasteiger partial charge on any atom is 0.262 e. The summed E-state index contributed by atoms with van der Waals surface area (Å²) < 4.78 is 0. The highest BCUT2D eigenvalue weighted by molar-refractivity contribution is 7.12. The molecule has 0 saturated heterocycles. The molecule has 0 aliphatic carbocycles. The Bertz CT molecular complexity index is 820. The zero-order valence-electron chi connectivity index (χ0n) is 14.7. The van der Waals surface area contributed by atoms with Crippen molar-refractivity contribution in [3.8, 4) is 11.1 Å². The SMILES string of the molecule is Cc1ccc(-c2ccsc2C(=O)NCC(c2ccsc2)N(C)C)cc1. The quantitative estimate of drug-likeness (QED) is 0.675. The number of carbonyl (C=O) groups is 1. The van der Waals surface area contributed by atoms with Crippen LogP contribution in [0.3, 0.4) is 0 Å². The molecule has 1 N–H and O–H groups in total. The first-order chi connectivity index (χ1) is 12.1. The Morgan fingerprint density at radius 2 is 1.88 bits per heavy atom. The summed E-state index contributed by atoms with van der Waals surface area (Å²) in [5, 5.41) is 9.30. The predicted octanol–water partition coefficient (Wildman–Crippen LogP) is 4.82. The fraction of sp³-hybridized carbons (Fsp3) is 0.250. The van der Waals surface area contributed by atoms with Crippen molar-refractivity contribution in [2.75, 3.05) is 20.6 Å². The Kier molecular flexibility index (Phi) is 5.68. The fourth-order valence-corrected chi connectivity index (χ4v) is 4.32. The van der Waals surface area contributed by atoms with E-state index in [-0.39, 0.29) is 11.9 Å². The molecule has 0 radical (unpaired) electrons. The van der Waals surface area contributed by atoms with Crippen LogP contribution in [-0.4, -0.2) is 31.4 Å². The molecular weight excluding hydrogens is 348 g/mol. The molecule has 0 aliphatic rings. The van der Waals surface area contributed by atoms with E-state index < -0.39 is 0 Å². The van der Waals surface area contributed by atoms with Gasteiger partial charge in [-0.05, 0) is 60.4 Å². The lowest BCUT2D eigenvalue weighted by atomic mass is 10.0. The molecule has 0 spiro atoms. The number of thiophene rings is 2. The van der Waals surface area contributed by atoms with Gasteiger partial charge in [0.15, 0.2) is 0 Å². The van der Waals surface area contributed by atoms with Gasteiger partial charge in [-0.25, -0.2) is 0 Å². The molecule has 2 aromatic heterocycles. The highest BCUT2D eigenvalue weighted by atomic mass is 32.1. The van der Waals surface area contributed by atoms with Crippen molar-refractivity contribution >= 4 is 28.6 Å². The molecule has 1 aromatic carbocycles. The van der Waals surface area contributed by atoms with Crippen LogP contribution < -0.4 is 5.32 Å². The molecule has 1 atom stereocenters. The van der Waals surface area contributed by atoms with Crippen LogP contribution >= 0.6 is 22.7 Å². The first-order valence-corrected chi connectivity index (χ1v) is 9.99. The second-order valence-electron chi connectivity index (χ2n) is 6.28. The average molecular weight is 371 g/mol. The molecule has 1 unspecified atom stereocenters. The highest BCUT2D eigenvalue weighted by Gasteiger charge is 2.19. The van der Waals surface area contributed by atoms with Gasteiger partial charge in [-0.1, -0.05) is 29.8 Å². The molecule has 3 aromatic rings. The Morgan fingerprint density at radius 3 is 2.52 bits per heavy atom. The summed E-state index contributed by atoms with van der Waals surface area (Å²) >= 11 is 3.17. The van der Waals surface area contributed by atoms with E-state index in [1.54, 1.807) is 11.3 Å². The predicted molar refractivity (Wildman–Crippen MR) is 108 cm³/mol. The van der Waals surface area contributed by atoms with Gasteiger partial charge in [0.25, 0.3) is 5.91 Å². The van der Waals surface area contributed by atoms with E-state index in [9.17, 15) is 4.79 Å². The van der Waals surface area contributed by atoms with Crippen LogP contribution in [0.2, 0.25) is 0 Å². The maximum atomic E-state index is 12.7. The van der Waals surface area contributed by atoms with Crippen molar-refractivity contribution in [1.29, 1.82) is 0 Å². The minimum absolute atomic E-state index is 0.00680. The lowest BCUT2D eigenvalue weighted by molar-refractivity contribution is 0.0946. The molecule has 0 aliphatic heterocycles. The second-order valence-corrected chi connectivity index (χ2v) is 7.97. The number of carbonyl (C=O) groups excluding carboxylic acids is 1. The number of nitrogens with one attached hydrogen (secondary N) is 1. The third kappa shape index (κ3) is 4.18. The van der Waals surface area contributed by atoms with Crippen molar-refractivity contribution in [2.45, 2.75) is 13.0 Å². The number of amides is 1. The van der Waals surface area contributed by atoms with E-state index in [1.807, 2.05) is 25.5 Å². The zero-order chi connectivity index (χ0) is 17.8. The molecule has 0 fully saturated rings. The van der Waals surface area contributed by atoms with E-state index >= 15 is 0 Å². The van der Waals surface area contributed by atoms with Gasteiger partial charge in [0.1, 0.15) is 0 Å². The first-order valence-electron chi connectivity index (χ1n) is 8.17. The zero-order valence-corrected chi connectivity index (χ0v) is 16.3. The molecule has 3 nitrogen and oxygen atoms in total. The van der Waals surface area contributed by atoms with Crippen LogP contribution in [0.1, 0.15) is 26.8 Å². The van der Waals surface area contributed by atoms with Gasteiger partial charge >= 0.3 is 0 Å². The summed E-state index contributed by atoms with van der Waals surface area (Å²) in [5.41, 5.74) is 4.54. The van der Waals surface area contributed by atoms with Crippen LogP contribution in [0.5, 0.6) is 0 Å². The van der Waals surface area contributed by atoms with Gasteiger partial charge in [-0.3, -0.25) is 4.79 Å². The monoisotopic (exact) mass is 370 g/mol. The summed E-state index contributed by atoms with van der Waals surface area (Å²) in [5.74, 6) is -0.00680. The Balaban J connectivity index is 1.74. The van der Waals surface area contributed by atoms with Crippen LogP contribution in [0.15, 0.2) is 52.5 Å². The van der Waals surface area contributed by atoms with E-state index in [1.165, 1.54) is 22.5 Å². The topological polar surface area (TPSA) is 32.3 Å². The largest absolute Gasteiger partial charge is 0.349 e. The van der Waals surface area contributed by atoms with E-state index in [2.05, 4.69) is 58.2 Å². The van der Waals surface area contributed by atoms with Gasteiger partial charge in [-0.2, -0.15) is 11.3 Å². The number of hydrogen-bond acceptors (Lipinski definition) is 4. The summed E-state index contributed by atoms with van der Waals surface area (Å²) in [6, 6.07) is 12.6. The Morgan fingerprint density at radius 1 is 1.12 bits per heavy atom. The number of rotatable bonds is 6. The van der Waals surface area contributed by atoms with Crippen molar-refractivity contribution < 1.29 is 4.79 Å². The molecule has 5 heteroatoms. The van der Waals surface area contributed by atoms with Crippen LogP contribution in [-0.2, 0) is 0 Å². The van der Waals surface area contributed by atoms with Crippen molar-refractivity contribution in [1.82, 2.24) is 10.2 Å². The summed E-state index contributed by atoms with van der Waals surface area (Å²) in [6.45, 7) is 2.66. The third-order valence-corrected chi connectivity index (χ3v) is 5.86. The van der Waals surface area contributed by atoms with Crippen molar-refractivity contribution in [2.24, 2.45) is 0 Å². The number of hydrogen-bond donors (Lipinski definition) is 1. The smallest absolute Gasteiger partial charge is 0.262 e. The van der Waals surface area contributed by atoms with Gasteiger partial charge in [-0.15, -0.1) is 11.3 Å². The highest BCUT2D eigenvalue weighted by Crippen LogP contribution is 2.29. The van der Waals surface area contributed by atoms with Gasteiger partial charge in [0, 0.05) is 12.1 Å². The van der Waals surface area contributed by atoms with Crippen molar-refractivity contribution in [3.63, 3.8) is 0 Å². The second kappa shape index (κ2) is 7.95. The number of nitrogens with zero attached hydrogens (tertiary/aromatic N) is 1. The molecule has 130 valence electrons. The van der Waals surface area contributed by atoms with Gasteiger partial charge in [0.05, 0.1) is 10.9 Å². The standard InChI is InChI=1S/C20H22N2OS2/c1-14-4-6-15(7-5-14)17-9-11-25-19(17)20(23)21-12-18(22(2)3)16-8-10-24-13-16/h4-11,13,18H,12H2,1-3H3,(H,21,23). The molecule has 25 heavy (non-hydrogen) atoms. The molecular formula is C20H22N2OS2. The lowest BCUT2D eigenvalue weighted by Crippen LogP contribution is -2.34. The summed E-state index contributed by atoms with van der Waals surface area (Å²) in [4.78, 5) is 15.7. The Hall–Kier alpha value is -1.95. The van der Waals surface area contributed by atoms with Crippen LogP contribution in [0.25, 0.3) is 11.1 Å². The summed E-state index contributed by atoms with van der Waals surface area (Å²) in [7, 11) is 4.08. The molecule has 1 amide bonds. The summed E-state index contributed by atoms with van der Waals surface area (Å²) in [6.07, 6.45) is 0. The minimum atomic E-state index is -0.00680. The number of likely N-dealkylation sites (N-methyl/N-ethyl adjacent to an activating group) is 1. The molecule has 0 saturated carbocycles. The number of aryl methyl sites for hydroxylation is 1. The maximum absolute atomic E-state index is 12.7. The molecule has 0 bridgehead atoms. The van der Waals surface area contributed by atoms with Crippen molar-refractivity contribution in [3.05, 3.63) is 68.5 Å². The third-order valence-electron chi connectivity index (χ3n) is 4.24. The average Bonchev–Trinajstić information content (AvgIpc) is 3.27. The number of benzene rings is 1. The van der Waals surface area contributed by atoms with Gasteiger partial charge < -0.3 is 10.2 Å². The van der Waals surface area contributed by atoms with E-state index in [0.29, 0.717) is 6.54 Å². The van der Waals surface area contributed by atoms with E-state index in [4.69, 9.17) is 0 Å². The van der Waals surface area contributed by atoms with Crippen LogP contribution in [0.4, 0.5) is 0 Å². The van der Waals surface area contributed by atoms with E-state index in [0.717, 1.165) is 16.0 Å². The van der Waals surface area contributed by atoms with Gasteiger partial charge in [0.2, 0.25) is 0 Å². The normalized spacial score (nSPS) is 12.3. The molecule has 3 rings (SSSR count). The van der Waals surface area contributed by atoms with Crippen LogP contribution in [0, 0.1) is 6.92 Å². The first kappa shape index (κ1) is 17.9.